The Hall–Kier alpha value is -1.91. The smallest absolute Gasteiger partial charge is 0.339 e. The molecule has 1 heterocycles. The van der Waals surface area contributed by atoms with Crippen molar-refractivity contribution in [1.29, 1.82) is 0 Å². The van der Waals surface area contributed by atoms with E-state index in [-0.39, 0.29) is 17.3 Å². The summed E-state index contributed by atoms with van der Waals surface area (Å²) in [7, 11) is 0. The average Bonchev–Trinajstić information content (AvgIpc) is 2.46. The van der Waals surface area contributed by atoms with Gasteiger partial charge in [0.1, 0.15) is 11.4 Å². The lowest BCUT2D eigenvalue weighted by molar-refractivity contribution is -0.116. The van der Waals surface area contributed by atoms with Gasteiger partial charge in [-0.25, -0.2) is 9.78 Å². The van der Waals surface area contributed by atoms with Crippen LogP contribution in [-0.4, -0.2) is 22.0 Å². The normalized spacial score (nSPS) is 15.8. The van der Waals surface area contributed by atoms with Crippen LogP contribution in [0.5, 0.6) is 0 Å². The van der Waals surface area contributed by atoms with E-state index < -0.39 is 5.97 Å². The van der Waals surface area contributed by atoms with Gasteiger partial charge in [0.15, 0.2) is 0 Å². The van der Waals surface area contributed by atoms with Crippen LogP contribution >= 0.6 is 0 Å². The van der Waals surface area contributed by atoms with Gasteiger partial charge in [-0.2, -0.15) is 0 Å². The summed E-state index contributed by atoms with van der Waals surface area (Å²) >= 11 is 0. The van der Waals surface area contributed by atoms with Crippen molar-refractivity contribution in [3.8, 4) is 0 Å². The Balaban J connectivity index is 1.86. The summed E-state index contributed by atoms with van der Waals surface area (Å²) in [5, 5.41) is 11.6. The highest BCUT2D eigenvalue weighted by Gasteiger charge is 2.16. The van der Waals surface area contributed by atoms with E-state index in [0.29, 0.717) is 12.3 Å². The van der Waals surface area contributed by atoms with E-state index in [1.165, 1.54) is 44.4 Å². The van der Waals surface area contributed by atoms with Crippen LogP contribution in [-0.2, 0) is 4.79 Å². The Labute approximate surface area is 118 Å². The molecule has 0 aliphatic heterocycles. The fraction of sp³-hybridized carbons (Fsp3) is 0.533. The lowest BCUT2D eigenvalue weighted by atomic mass is 9.86. The van der Waals surface area contributed by atoms with Crippen molar-refractivity contribution < 1.29 is 14.7 Å². The minimum atomic E-state index is -1.08. The van der Waals surface area contributed by atoms with Gasteiger partial charge in [-0.05, 0) is 24.5 Å². The highest BCUT2D eigenvalue weighted by atomic mass is 16.4. The van der Waals surface area contributed by atoms with E-state index in [2.05, 4.69) is 10.3 Å². The fourth-order valence-corrected chi connectivity index (χ4v) is 2.68. The van der Waals surface area contributed by atoms with Gasteiger partial charge in [-0.1, -0.05) is 32.1 Å². The summed E-state index contributed by atoms with van der Waals surface area (Å²) in [4.78, 5) is 26.8. The molecule has 1 amide bonds. The molecule has 108 valence electrons. The van der Waals surface area contributed by atoms with Gasteiger partial charge in [0.25, 0.3) is 0 Å². The van der Waals surface area contributed by atoms with E-state index in [1.54, 1.807) is 6.07 Å². The molecule has 0 radical (unpaired) electrons. The Morgan fingerprint density at radius 2 is 2.05 bits per heavy atom. The molecule has 2 rings (SSSR count). The number of anilines is 1. The summed E-state index contributed by atoms with van der Waals surface area (Å²) in [5.74, 6) is -0.469. The molecule has 1 aromatic heterocycles. The van der Waals surface area contributed by atoms with Crippen molar-refractivity contribution >= 4 is 17.7 Å². The van der Waals surface area contributed by atoms with E-state index in [0.717, 1.165) is 6.42 Å². The third kappa shape index (κ3) is 4.05. The van der Waals surface area contributed by atoms with E-state index >= 15 is 0 Å². The predicted molar refractivity (Wildman–Crippen MR) is 75.6 cm³/mol. The van der Waals surface area contributed by atoms with Gasteiger partial charge >= 0.3 is 5.97 Å². The van der Waals surface area contributed by atoms with Gasteiger partial charge in [-0.3, -0.25) is 4.79 Å². The van der Waals surface area contributed by atoms with Gasteiger partial charge in [0.05, 0.1) is 0 Å². The van der Waals surface area contributed by atoms with Gasteiger partial charge in [-0.15, -0.1) is 0 Å². The highest BCUT2D eigenvalue weighted by molar-refractivity contribution is 5.99. The zero-order valence-corrected chi connectivity index (χ0v) is 11.5. The lowest BCUT2D eigenvalue weighted by Crippen LogP contribution is -2.17. The number of nitrogens with zero attached hydrogens (tertiary/aromatic N) is 1. The number of carbonyl (C=O) groups is 2. The Kier molecular flexibility index (Phi) is 5.09. The van der Waals surface area contributed by atoms with Crippen molar-refractivity contribution in [3.63, 3.8) is 0 Å². The number of hydrogen-bond donors (Lipinski definition) is 2. The number of aromatic carboxylic acids is 1. The first-order valence-corrected chi connectivity index (χ1v) is 7.15. The van der Waals surface area contributed by atoms with Crippen LogP contribution in [0.25, 0.3) is 0 Å². The molecule has 20 heavy (non-hydrogen) atoms. The van der Waals surface area contributed by atoms with E-state index in [4.69, 9.17) is 5.11 Å². The minimum absolute atomic E-state index is 0.0264. The van der Waals surface area contributed by atoms with Crippen LogP contribution in [0.3, 0.4) is 0 Å². The topological polar surface area (TPSA) is 79.3 Å². The largest absolute Gasteiger partial charge is 0.478 e. The van der Waals surface area contributed by atoms with Crippen molar-refractivity contribution in [2.45, 2.75) is 44.9 Å². The minimum Gasteiger partial charge on any atom is -0.478 e. The quantitative estimate of drug-likeness (QED) is 0.866. The number of carboxylic acid groups (broad SMARTS) is 1. The van der Waals surface area contributed by atoms with Crippen molar-refractivity contribution in [2.75, 3.05) is 5.32 Å². The first-order valence-electron chi connectivity index (χ1n) is 7.15. The third-order valence-corrected chi connectivity index (χ3v) is 3.80. The molecule has 0 aromatic carbocycles. The molecule has 0 unspecified atom stereocenters. The maximum Gasteiger partial charge on any atom is 0.339 e. The Bertz CT molecular complexity index is 482. The van der Waals surface area contributed by atoms with Gasteiger partial charge < -0.3 is 10.4 Å². The van der Waals surface area contributed by atoms with Crippen LogP contribution in [0.1, 0.15) is 55.3 Å². The summed E-state index contributed by atoms with van der Waals surface area (Å²) in [5.41, 5.74) is 0.0264. The Morgan fingerprint density at radius 3 is 2.75 bits per heavy atom. The zero-order valence-electron chi connectivity index (χ0n) is 11.5. The molecular weight excluding hydrogens is 256 g/mol. The summed E-state index contributed by atoms with van der Waals surface area (Å²) in [6, 6.07) is 2.98. The summed E-state index contributed by atoms with van der Waals surface area (Å²) in [6.07, 6.45) is 9.02. The molecule has 1 fully saturated rings. The number of rotatable bonds is 5. The summed E-state index contributed by atoms with van der Waals surface area (Å²) < 4.78 is 0. The first-order chi connectivity index (χ1) is 9.66. The molecule has 1 aliphatic rings. The second-order valence-corrected chi connectivity index (χ2v) is 5.30. The number of carbonyl (C=O) groups excluding carboxylic acids is 1. The van der Waals surface area contributed by atoms with Crippen LogP contribution < -0.4 is 5.32 Å². The lowest BCUT2D eigenvalue weighted by Gasteiger charge is -2.20. The number of nitrogens with one attached hydrogen (secondary N) is 1. The Morgan fingerprint density at radius 1 is 1.30 bits per heavy atom. The average molecular weight is 276 g/mol. The number of hydrogen-bond acceptors (Lipinski definition) is 3. The van der Waals surface area contributed by atoms with Crippen LogP contribution in [0.15, 0.2) is 18.3 Å². The monoisotopic (exact) mass is 276 g/mol. The van der Waals surface area contributed by atoms with Crippen LogP contribution in [0.4, 0.5) is 5.82 Å². The molecule has 1 aromatic rings. The van der Waals surface area contributed by atoms with Crippen molar-refractivity contribution in [3.05, 3.63) is 23.9 Å². The van der Waals surface area contributed by atoms with Crippen LogP contribution in [0.2, 0.25) is 0 Å². The third-order valence-electron chi connectivity index (χ3n) is 3.80. The first kappa shape index (κ1) is 14.5. The number of amides is 1. The molecule has 0 bridgehead atoms. The van der Waals surface area contributed by atoms with Crippen molar-refractivity contribution in [2.24, 2.45) is 5.92 Å². The molecule has 0 atom stereocenters. The second-order valence-electron chi connectivity index (χ2n) is 5.30. The molecule has 5 nitrogen and oxygen atoms in total. The second kappa shape index (κ2) is 7.03. The summed E-state index contributed by atoms with van der Waals surface area (Å²) in [6.45, 7) is 0. The predicted octanol–water partition coefficient (Wildman–Crippen LogP) is 3.08. The van der Waals surface area contributed by atoms with E-state index in [9.17, 15) is 9.59 Å². The highest BCUT2D eigenvalue weighted by Crippen LogP contribution is 2.27. The standard InChI is InChI=1S/C15H20N2O3/c18-13(9-8-11-5-2-1-3-6-11)17-14-12(15(19)20)7-4-10-16-14/h4,7,10-11H,1-3,5-6,8-9H2,(H,19,20)(H,16,17,18). The van der Waals surface area contributed by atoms with Crippen molar-refractivity contribution in [1.82, 2.24) is 4.98 Å². The molecular formula is C15H20N2O3. The maximum atomic E-state index is 11.9. The van der Waals surface area contributed by atoms with Crippen LogP contribution in [0, 0.1) is 5.92 Å². The fourth-order valence-electron chi connectivity index (χ4n) is 2.68. The molecule has 1 saturated carbocycles. The zero-order chi connectivity index (χ0) is 14.4. The van der Waals surface area contributed by atoms with Gasteiger partial charge in [0.2, 0.25) is 5.91 Å². The molecule has 2 N–H and O–H groups in total. The molecule has 1 aliphatic carbocycles. The van der Waals surface area contributed by atoms with Gasteiger partial charge in [0, 0.05) is 12.6 Å². The number of carboxylic acids is 1. The molecule has 5 heteroatoms. The number of aromatic nitrogens is 1. The number of pyridine rings is 1. The SMILES string of the molecule is O=C(CCC1CCCCC1)Nc1ncccc1C(=O)O. The maximum absolute atomic E-state index is 11.9. The molecule has 0 spiro atoms. The van der Waals surface area contributed by atoms with E-state index in [1.807, 2.05) is 0 Å². The molecule has 0 saturated heterocycles.